The third-order valence-corrected chi connectivity index (χ3v) is 7.37. The zero-order valence-electron chi connectivity index (χ0n) is 17.0. The standard InChI is InChI=1S/C24H26N2O3S/c1-16(9-10-17-6-3-2-4-7-17)25-22(27)20-19-11-12-24(29-19)15-26(23(28)21(20)24)14-18-8-5-13-30-18/h2-8,11-13,16,19-21H,9-10,14-15H2,1H3,(H,25,27)/t16-,19+,20-,21+,24+/m0/s1. The number of benzene rings is 1. The Bertz CT molecular complexity index is 958. The van der Waals surface area contributed by atoms with Crippen LogP contribution in [0, 0.1) is 11.8 Å². The molecule has 5 atom stereocenters. The number of nitrogens with one attached hydrogen (secondary N) is 1. The van der Waals surface area contributed by atoms with E-state index in [1.54, 1.807) is 11.3 Å². The summed E-state index contributed by atoms with van der Waals surface area (Å²) in [6.07, 6.45) is 5.45. The summed E-state index contributed by atoms with van der Waals surface area (Å²) < 4.78 is 6.22. The minimum atomic E-state index is -0.645. The molecule has 1 aromatic heterocycles. The minimum absolute atomic E-state index is 0.0346. The lowest BCUT2D eigenvalue weighted by atomic mass is 9.76. The van der Waals surface area contributed by atoms with Gasteiger partial charge in [-0.25, -0.2) is 0 Å². The number of hydrogen-bond donors (Lipinski definition) is 1. The minimum Gasteiger partial charge on any atom is -0.360 e. The first-order valence-corrected chi connectivity index (χ1v) is 11.5. The van der Waals surface area contributed by atoms with E-state index in [0.29, 0.717) is 13.1 Å². The lowest BCUT2D eigenvalue weighted by molar-refractivity contribution is -0.138. The molecule has 0 aliphatic carbocycles. The van der Waals surface area contributed by atoms with E-state index < -0.39 is 17.4 Å². The molecule has 3 aliphatic rings. The van der Waals surface area contributed by atoms with Crippen molar-refractivity contribution in [3.05, 3.63) is 70.4 Å². The number of carbonyl (C=O) groups is 2. The zero-order chi connectivity index (χ0) is 20.7. The second-order valence-electron chi connectivity index (χ2n) is 8.61. The molecular weight excluding hydrogens is 396 g/mol. The molecule has 4 heterocycles. The molecule has 2 saturated heterocycles. The number of amides is 2. The number of thiophene rings is 1. The molecule has 2 aromatic rings. The van der Waals surface area contributed by atoms with E-state index in [-0.39, 0.29) is 24.0 Å². The third-order valence-electron chi connectivity index (χ3n) is 6.51. The van der Waals surface area contributed by atoms with Crippen LogP contribution in [0.2, 0.25) is 0 Å². The van der Waals surface area contributed by atoms with Gasteiger partial charge < -0.3 is 15.0 Å². The summed E-state index contributed by atoms with van der Waals surface area (Å²) in [5.41, 5.74) is 0.618. The van der Waals surface area contributed by atoms with Gasteiger partial charge in [0.15, 0.2) is 0 Å². The molecule has 0 radical (unpaired) electrons. The Balaban J connectivity index is 1.25. The van der Waals surface area contributed by atoms with Gasteiger partial charge in [-0.2, -0.15) is 0 Å². The van der Waals surface area contributed by atoms with Gasteiger partial charge in [-0.3, -0.25) is 9.59 Å². The molecule has 5 nitrogen and oxygen atoms in total. The van der Waals surface area contributed by atoms with Gasteiger partial charge in [0.1, 0.15) is 5.60 Å². The average Bonchev–Trinajstić information content (AvgIpc) is 3.51. The van der Waals surface area contributed by atoms with Crippen LogP contribution in [-0.2, 0) is 27.3 Å². The van der Waals surface area contributed by atoms with Crippen LogP contribution in [0.5, 0.6) is 0 Å². The predicted octanol–water partition coefficient (Wildman–Crippen LogP) is 3.17. The number of carbonyl (C=O) groups excluding carboxylic acids is 2. The van der Waals surface area contributed by atoms with Crippen molar-refractivity contribution in [2.45, 2.75) is 44.1 Å². The van der Waals surface area contributed by atoms with Gasteiger partial charge in [-0.15, -0.1) is 11.3 Å². The Morgan fingerprint density at radius 1 is 1.30 bits per heavy atom. The van der Waals surface area contributed by atoms with Crippen molar-refractivity contribution in [3.63, 3.8) is 0 Å². The van der Waals surface area contributed by atoms with Crippen LogP contribution >= 0.6 is 11.3 Å². The van der Waals surface area contributed by atoms with Crippen LogP contribution in [0.15, 0.2) is 60.0 Å². The largest absolute Gasteiger partial charge is 0.360 e. The van der Waals surface area contributed by atoms with E-state index in [9.17, 15) is 9.59 Å². The number of fused-ring (bicyclic) bond motifs is 1. The van der Waals surface area contributed by atoms with Crippen LogP contribution in [0.25, 0.3) is 0 Å². The second kappa shape index (κ2) is 7.67. The number of aryl methyl sites for hydroxylation is 1. The molecule has 5 rings (SSSR count). The van der Waals surface area contributed by atoms with Gasteiger partial charge in [0.05, 0.1) is 31.0 Å². The second-order valence-corrected chi connectivity index (χ2v) is 9.64. The van der Waals surface area contributed by atoms with Crippen LogP contribution < -0.4 is 5.32 Å². The van der Waals surface area contributed by atoms with Gasteiger partial charge in [-0.1, -0.05) is 48.6 Å². The molecule has 0 unspecified atom stereocenters. The van der Waals surface area contributed by atoms with Crippen molar-refractivity contribution in [1.82, 2.24) is 10.2 Å². The molecular formula is C24H26N2O3S. The Hall–Kier alpha value is -2.44. The van der Waals surface area contributed by atoms with E-state index in [2.05, 4.69) is 17.4 Å². The van der Waals surface area contributed by atoms with Crippen molar-refractivity contribution in [2.75, 3.05) is 6.54 Å². The summed E-state index contributed by atoms with van der Waals surface area (Å²) in [7, 11) is 0. The summed E-state index contributed by atoms with van der Waals surface area (Å²) in [6.45, 7) is 3.13. The van der Waals surface area contributed by atoms with Crippen molar-refractivity contribution in [2.24, 2.45) is 11.8 Å². The number of hydrogen-bond acceptors (Lipinski definition) is 4. The summed E-state index contributed by atoms with van der Waals surface area (Å²) in [4.78, 5) is 29.4. The molecule has 2 amide bonds. The Morgan fingerprint density at radius 3 is 2.90 bits per heavy atom. The van der Waals surface area contributed by atoms with Gasteiger partial charge in [0.25, 0.3) is 0 Å². The maximum Gasteiger partial charge on any atom is 0.230 e. The zero-order valence-corrected chi connectivity index (χ0v) is 17.8. The fraction of sp³-hybridized carbons (Fsp3) is 0.417. The summed E-state index contributed by atoms with van der Waals surface area (Å²) in [5, 5.41) is 5.16. The van der Waals surface area contributed by atoms with Gasteiger partial charge >= 0.3 is 0 Å². The van der Waals surface area contributed by atoms with E-state index >= 15 is 0 Å². The van der Waals surface area contributed by atoms with Crippen molar-refractivity contribution < 1.29 is 14.3 Å². The highest BCUT2D eigenvalue weighted by atomic mass is 32.1. The first-order chi connectivity index (χ1) is 14.6. The van der Waals surface area contributed by atoms with Crippen molar-refractivity contribution in [1.29, 1.82) is 0 Å². The number of nitrogens with zero attached hydrogens (tertiary/aromatic N) is 1. The summed E-state index contributed by atoms with van der Waals surface area (Å²) in [5.74, 6) is -0.903. The first-order valence-electron chi connectivity index (χ1n) is 10.6. The smallest absolute Gasteiger partial charge is 0.230 e. The molecule has 0 saturated carbocycles. The molecule has 2 fully saturated rings. The summed E-state index contributed by atoms with van der Waals surface area (Å²) in [6, 6.07) is 14.3. The van der Waals surface area contributed by atoms with Crippen LogP contribution in [0.3, 0.4) is 0 Å². The fourth-order valence-electron chi connectivity index (χ4n) is 5.04. The Kier molecular flexibility index (Phi) is 4.99. The molecule has 1 spiro atoms. The van der Waals surface area contributed by atoms with Gasteiger partial charge in [0, 0.05) is 10.9 Å². The Morgan fingerprint density at radius 2 is 2.13 bits per heavy atom. The van der Waals surface area contributed by atoms with E-state index in [4.69, 9.17) is 4.74 Å². The normalized spacial score (nSPS) is 30.0. The van der Waals surface area contributed by atoms with Crippen molar-refractivity contribution >= 4 is 23.2 Å². The quantitative estimate of drug-likeness (QED) is 0.698. The number of ether oxygens (including phenoxy) is 1. The topological polar surface area (TPSA) is 58.6 Å². The summed E-state index contributed by atoms with van der Waals surface area (Å²) >= 11 is 1.64. The average molecular weight is 423 g/mol. The Labute approximate surface area is 180 Å². The lowest BCUT2D eigenvalue weighted by Gasteiger charge is -2.25. The van der Waals surface area contributed by atoms with Gasteiger partial charge in [0.2, 0.25) is 11.8 Å². The monoisotopic (exact) mass is 422 g/mol. The molecule has 156 valence electrons. The number of rotatable bonds is 7. The van der Waals surface area contributed by atoms with Crippen LogP contribution in [-0.4, -0.2) is 41.0 Å². The predicted molar refractivity (Wildman–Crippen MR) is 116 cm³/mol. The van der Waals surface area contributed by atoms with Crippen LogP contribution in [0.4, 0.5) is 0 Å². The molecule has 2 bridgehead atoms. The molecule has 3 aliphatic heterocycles. The number of likely N-dealkylation sites (tertiary alicyclic amines) is 1. The van der Waals surface area contributed by atoms with E-state index in [1.807, 2.05) is 59.7 Å². The fourth-order valence-corrected chi connectivity index (χ4v) is 5.76. The molecule has 30 heavy (non-hydrogen) atoms. The molecule has 6 heteroatoms. The highest BCUT2D eigenvalue weighted by Crippen LogP contribution is 2.52. The van der Waals surface area contributed by atoms with E-state index in [0.717, 1.165) is 17.7 Å². The molecule has 1 N–H and O–H groups in total. The lowest BCUT2D eigenvalue weighted by Crippen LogP contribution is -2.46. The maximum absolute atomic E-state index is 13.2. The van der Waals surface area contributed by atoms with Gasteiger partial charge in [-0.05, 0) is 36.8 Å². The highest BCUT2D eigenvalue weighted by Gasteiger charge is 2.66. The highest BCUT2D eigenvalue weighted by molar-refractivity contribution is 7.09. The van der Waals surface area contributed by atoms with E-state index in [1.165, 1.54) is 5.56 Å². The first kappa shape index (κ1) is 19.5. The maximum atomic E-state index is 13.2. The SMILES string of the molecule is C[C@@H](CCc1ccccc1)NC(=O)[C@H]1[C@H]2C=C[C@]3(CN(Cc4cccs4)C(=O)[C@@H]13)O2. The third kappa shape index (κ3) is 3.38. The molecule has 1 aromatic carbocycles. The van der Waals surface area contributed by atoms with Crippen LogP contribution in [0.1, 0.15) is 23.8 Å². The van der Waals surface area contributed by atoms with Crippen molar-refractivity contribution in [3.8, 4) is 0 Å².